The van der Waals surface area contributed by atoms with Gasteiger partial charge >= 0.3 is 0 Å². The van der Waals surface area contributed by atoms with Crippen molar-refractivity contribution in [3.8, 4) is 23.1 Å². The number of hydrogen-bond donors (Lipinski definition) is 4. The highest BCUT2D eigenvalue weighted by Gasteiger charge is 2.25. The molecule has 4 rings (SSSR count). The molecule has 1 aliphatic heterocycles. The molecule has 17 heteroatoms. The van der Waals surface area contributed by atoms with Gasteiger partial charge in [0.25, 0.3) is 18.3 Å². The lowest BCUT2D eigenvalue weighted by molar-refractivity contribution is -0.123. The second-order valence-corrected chi connectivity index (χ2v) is 10.2. The van der Waals surface area contributed by atoms with E-state index in [1.807, 2.05) is 0 Å². The topological polar surface area (TPSA) is 196 Å². The first-order valence-corrected chi connectivity index (χ1v) is 14.1. The summed E-state index contributed by atoms with van der Waals surface area (Å²) in [5.74, 6) is -4.26. The third-order valence-corrected chi connectivity index (χ3v) is 7.14. The van der Waals surface area contributed by atoms with Gasteiger partial charge < -0.3 is 35.7 Å². The van der Waals surface area contributed by atoms with E-state index in [2.05, 4.69) is 20.5 Å². The zero-order valence-electron chi connectivity index (χ0n) is 24.6. The summed E-state index contributed by atoms with van der Waals surface area (Å²) < 4.78 is 35.4. The second-order valence-electron chi connectivity index (χ2n) is 9.74. The van der Waals surface area contributed by atoms with E-state index in [1.165, 1.54) is 48.1 Å². The second kappa shape index (κ2) is 16.8. The Kier molecular flexibility index (Phi) is 12.9. The molecule has 2 heterocycles. The molecule has 0 bridgehead atoms. The van der Waals surface area contributed by atoms with E-state index in [4.69, 9.17) is 37.2 Å². The minimum absolute atomic E-state index is 0.0846. The number of nitrogens with two attached hydrogens (primary N) is 1. The average Bonchev–Trinajstić information content (AvgIpc) is 3.41. The van der Waals surface area contributed by atoms with Gasteiger partial charge in [-0.15, -0.1) is 0 Å². The van der Waals surface area contributed by atoms with Gasteiger partial charge in [-0.25, -0.2) is 9.37 Å². The fraction of sp³-hybridized carbons (Fsp3) is 0.310. The van der Waals surface area contributed by atoms with Crippen LogP contribution >= 0.6 is 11.6 Å². The van der Waals surface area contributed by atoms with Crippen molar-refractivity contribution in [2.45, 2.75) is 0 Å². The van der Waals surface area contributed by atoms with E-state index in [-0.39, 0.29) is 46.6 Å². The SMILES string of the molecule is Cn1c(-c2ccc(OCC#N)c(F)c2F)cnc1C(=O)Nc1ccc(C(=O)N2CCN(CCNCC(N)=O)CC2)c(Cl)c1.O=CO. The van der Waals surface area contributed by atoms with E-state index in [9.17, 15) is 23.2 Å². The highest BCUT2D eigenvalue weighted by atomic mass is 35.5. The fourth-order valence-electron chi connectivity index (χ4n) is 4.57. The van der Waals surface area contributed by atoms with Crippen molar-refractivity contribution < 1.29 is 37.8 Å². The van der Waals surface area contributed by atoms with Crippen LogP contribution in [0.15, 0.2) is 36.5 Å². The summed E-state index contributed by atoms with van der Waals surface area (Å²) in [5.41, 5.74) is 5.69. The summed E-state index contributed by atoms with van der Waals surface area (Å²) in [6, 6.07) is 8.65. The Morgan fingerprint density at radius 3 is 2.50 bits per heavy atom. The predicted molar refractivity (Wildman–Crippen MR) is 162 cm³/mol. The molecule has 1 saturated heterocycles. The molecule has 1 aromatic heterocycles. The monoisotopic (exact) mass is 660 g/mol. The van der Waals surface area contributed by atoms with Crippen LogP contribution in [0.4, 0.5) is 14.5 Å². The highest BCUT2D eigenvalue weighted by Crippen LogP contribution is 2.30. The van der Waals surface area contributed by atoms with Crippen molar-refractivity contribution in [3.63, 3.8) is 0 Å². The standard InChI is InChI=1S/C28H29ClF2N8O4.CH2O2/c1-37-21(19-4-5-22(43-13-6-32)25(31)24(19)30)15-35-26(37)27(41)36-17-2-3-18(20(29)14-17)28(42)39-11-9-38(10-12-39)8-7-34-16-23(33)40;2-1-3/h2-5,14-15,34H,7-13,16H2,1H3,(H2,33,40)(H,36,41);1H,(H,2,3). The predicted octanol–water partition coefficient (Wildman–Crippen LogP) is 1.71. The number of amides is 3. The number of aromatic nitrogens is 2. The maximum absolute atomic E-state index is 14.8. The number of nitriles is 1. The molecule has 0 aliphatic carbocycles. The summed E-state index contributed by atoms with van der Waals surface area (Å²) in [6.07, 6.45) is 1.23. The van der Waals surface area contributed by atoms with E-state index in [0.717, 1.165) is 6.54 Å². The number of nitrogens with zero attached hydrogens (tertiary/aromatic N) is 5. The van der Waals surface area contributed by atoms with Gasteiger partial charge in [0.1, 0.15) is 6.07 Å². The molecule has 3 aromatic rings. The van der Waals surface area contributed by atoms with Gasteiger partial charge in [0, 0.05) is 57.6 Å². The number of hydrogen-bond acceptors (Lipinski definition) is 9. The van der Waals surface area contributed by atoms with Gasteiger partial charge in [-0.05, 0) is 30.3 Å². The zero-order valence-corrected chi connectivity index (χ0v) is 25.4. The van der Waals surface area contributed by atoms with Crippen molar-refractivity contribution in [1.29, 1.82) is 5.26 Å². The van der Waals surface area contributed by atoms with Gasteiger partial charge in [0.2, 0.25) is 11.7 Å². The molecule has 5 N–H and O–H groups in total. The number of ether oxygens (including phenoxy) is 1. The number of rotatable bonds is 11. The fourth-order valence-corrected chi connectivity index (χ4v) is 4.83. The molecule has 2 aromatic carbocycles. The Balaban J connectivity index is 0.00000185. The maximum atomic E-state index is 14.8. The third-order valence-electron chi connectivity index (χ3n) is 6.83. The van der Waals surface area contributed by atoms with Crippen molar-refractivity contribution in [2.24, 2.45) is 12.8 Å². The summed E-state index contributed by atoms with van der Waals surface area (Å²) in [7, 11) is 1.47. The van der Waals surface area contributed by atoms with Crippen LogP contribution in [0.5, 0.6) is 5.75 Å². The first-order chi connectivity index (χ1) is 22.0. The van der Waals surface area contributed by atoms with Gasteiger partial charge in [0.15, 0.2) is 24.0 Å². The Bertz CT molecular complexity index is 1620. The smallest absolute Gasteiger partial charge is 0.291 e. The molecule has 1 aliphatic rings. The number of carbonyl (C=O) groups is 4. The lowest BCUT2D eigenvalue weighted by Gasteiger charge is -2.35. The normalized spacial score (nSPS) is 12.8. The number of benzene rings is 2. The van der Waals surface area contributed by atoms with E-state index in [1.54, 1.807) is 11.0 Å². The van der Waals surface area contributed by atoms with Crippen LogP contribution in [0, 0.1) is 23.0 Å². The molecular formula is C29H31ClF2N8O6. The number of nitrogens with one attached hydrogen (secondary N) is 2. The van der Waals surface area contributed by atoms with Crippen molar-refractivity contribution in [2.75, 3.05) is 57.7 Å². The van der Waals surface area contributed by atoms with Crippen LogP contribution in [-0.4, -0.2) is 101 Å². The number of piperazine rings is 1. The summed E-state index contributed by atoms with van der Waals surface area (Å²) >= 11 is 6.42. The van der Waals surface area contributed by atoms with E-state index in [0.29, 0.717) is 38.4 Å². The largest absolute Gasteiger partial charge is 0.483 e. The van der Waals surface area contributed by atoms with Crippen molar-refractivity contribution in [1.82, 2.24) is 24.7 Å². The minimum atomic E-state index is -1.26. The molecular weight excluding hydrogens is 630 g/mol. The summed E-state index contributed by atoms with van der Waals surface area (Å²) in [5, 5.41) is 21.2. The van der Waals surface area contributed by atoms with Crippen LogP contribution in [0.1, 0.15) is 21.0 Å². The number of carbonyl (C=O) groups excluding carboxylic acids is 3. The average molecular weight is 661 g/mol. The van der Waals surface area contributed by atoms with Crippen molar-refractivity contribution >= 4 is 41.5 Å². The number of anilines is 1. The first-order valence-electron chi connectivity index (χ1n) is 13.7. The highest BCUT2D eigenvalue weighted by molar-refractivity contribution is 6.34. The minimum Gasteiger partial charge on any atom is -0.483 e. The number of primary amides is 1. The number of imidazole rings is 1. The van der Waals surface area contributed by atoms with Crippen LogP contribution in [0.2, 0.25) is 5.02 Å². The van der Waals surface area contributed by atoms with Crippen LogP contribution < -0.4 is 21.1 Å². The summed E-state index contributed by atoms with van der Waals surface area (Å²) in [4.78, 5) is 53.2. The molecule has 0 radical (unpaired) electrons. The maximum Gasteiger partial charge on any atom is 0.291 e. The van der Waals surface area contributed by atoms with Crippen LogP contribution in [-0.2, 0) is 16.6 Å². The molecule has 1 fully saturated rings. The molecule has 0 atom stereocenters. The van der Waals surface area contributed by atoms with Gasteiger partial charge in [-0.3, -0.25) is 24.1 Å². The Hall–Kier alpha value is -5.11. The zero-order chi connectivity index (χ0) is 33.8. The van der Waals surface area contributed by atoms with Gasteiger partial charge in [0.05, 0.1) is 29.0 Å². The lowest BCUT2D eigenvalue weighted by Crippen LogP contribution is -2.50. The number of carboxylic acid groups (broad SMARTS) is 1. The molecule has 244 valence electrons. The number of halogens is 3. The lowest BCUT2D eigenvalue weighted by atomic mass is 10.1. The summed E-state index contributed by atoms with van der Waals surface area (Å²) in [6.45, 7) is 3.09. The molecule has 14 nitrogen and oxygen atoms in total. The molecule has 0 saturated carbocycles. The molecule has 0 unspecified atom stereocenters. The third kappa shape index (κ3) is 8.97. The Morgan fingerprint density at radius 2 is 1.87 bits per heavy atom. The van der Waals surface area contributed by atoms with E-state index >= 15 is 0 Å². The first kappa shape index (κ1) is 35.4. The quantitative estimate of drug-likeness (QED) is 0.174. The van der Waals surface area contributed by atoms with E-state index < -0.39 is 35.8 Å². The molecule has 3 amide bonds. The molecule has 46 heavy (non-hydrogen) atoms. The van der Waals surface area contributed by atoms with Crippen LogP contribution in [0.3, 0.4) is 0 Å². The van der Waals surface area contributed by atoms with Crippen LogP contribution in [0.25, 0.3) is 11.3 Å². The van der Waals surface area contributed by atoms with Gasteiger partial charge in [-0.2, -0.15) is 9.65 Å². The van der Waals surface area contributed by atoms with Crippen molar-refractivity contribution in [3.05, 3.63) is 64.6 Å². The molecule has 0 spiro atoms. The Labute approximate surface area is 267 Å². The van der Waals surface area contributed by atoms with Gasteiger partial charge in [-0.1, -0.05) is 11.6 Å². The Morgan fingerprint density at radius 1 is 1.17 bits per heavy atom.